The van der Waals surface area contributed by atoms with E-state index >= 15 is 0 Å². The molecule has 0 atom stereocenters. The lowest BCUT2D eigenvalue weighted by atomic mass is 10.2. The molecule has 0 saturated heterocycles. The van der Waals surface area contributed by atoms with E-state index in [0.29, 0.717) is 0 Å². The summed E-state index contributed by atoms with van der Waals surface area (Å²) >= 11 is 0. The fraction of sp³-hybridized carbons (Fsp3) is 0.182. The molecule has 0 aromatic heterocycles. The zero-order valence-corrected chi connectivity index (χ0v) is 9.57. The Morgan fingerprint density at radius 3 is 2.65 bits per heavy atom. The number of hydrogen-bond acceptors (Lipinski definition) is 3. The number of carbonyl (C=O) groups excluding carboxylic acids is 1. The Morgan fingerprint density at radius 2 is 2.12 bits per heavy atom. The van der Waals surface area contributed by atoms with Gasteiger partial charge in [0, 0.05) is 12.0 Å². The number of amides is 1. The van der Waals surface area contributed by atoms with Gasteiger partial charge in [-0.05, 0) is 17.2 Å². The van der Waals surface area contributed by atoms with Gasteiger partial charge < -0.3 is 0 Å². The molecule has 0 spiro atoms. The smallest absolute Gasteiger partial charge is 0.274 e. The van der Waals surface area contributed by atoms with E-state index in [0.717, 1.165) is 10.6 Å². The summed E-state index contributed by atoms with van der Waals surface area (Å²) in [5, 5.41) is 4.35. The molecular weight excluding hydrogens is 220 g/mol. The topological polar surface area (TPSA) is 78.3 Å². The number of azide groups is 1. The molecule has 1 amide bonds. The minimum atomic E-state index is -0.505. The maximum absolute atomic E-state index is 11.7. The quantitative estimate of drug-likeness (QED) is 0.262. The normalized spacial score (nSPS) is 10.6. The molecule has 0 aliphatic carbocycles. The highest BCUT2D eigenvalue weighted by molar-refractivity contribution is 5.96. The molecule has 17 heavy (non-hydrogen) atoms. The van der Waals surface area contributed by atoms with Crippen LogP contribution in [0.25, 0.3) is 16.5 Å². The fourth-order valence-corrected chi connectivity index (χ4v) is 1.13. The first-order chi connectivity index (χ1) is 8.19. The van der Waals surface area contributed by atoms with Gasteiger partial charge in [0.25, 0.3) is 5.91 Å². The van der Waals surface area contributed by atoms with Gasteiger partial charge in [-0.15, -0.1) is 0 Å². The third-order valence-electron chi connectivity index (χ3n) is 2.03. The largest absolute Gasteiger partial charge is 0.279 e. The van der Waals surface area contributed by atoms with Crippen molar-refractivity contribution in [3.63, 3.8) is 0 Å². The van der Waals surface area contributed by atoms with E-state index < -0.39 is 5.91 Å². The van der Waals surface area contributed by atoms with Gasteiger partial charge in [0.2, 0.25) is 0 Å². The minimum absolute atomic E-state index is 0.0250. The summed E-state index contributed by atoms with van der Waals surface area (Å²) in [6.07, 6.45) is 1.50. The molecule has 0 radical (unpaired) electrons. The van der Waals surface area contributed by atoms with E-state index in [-0.39, 0.29) is 5.70 Å². The predicted molar refractivity (Wildman–Crippen MR) is 63.3 cm³/mol. The van der Waals surface area contributed by atoms with Gasteiger partial charge in [-0.1, -0.05) is 35.4 Å². The van der Waals surface area contributed by atoms with Crippen molar-refractivity contribution in [2.24, 2.45) is 5.11 Å². The molecule has 0 unspecified atom stereocenters. The Bertz CT molecular complexity index is 464. The lowest BCUT2D eigenvalue weighted by Crippen LogP contribution is -2.26. The molecule has 0 bridgehead atoms. The summed E-state index contributed by atoms with van der Waals surface area (Å²) in [5.74, 6) is -0.505. The Labute approximate surface area is 98.7 Å². The minimum Gasteiger partial charge on any atom is -0.274 e. The van der Waals surface area contributed by atoms with Crippen LogP contribution in [0, 0.1) is 0 Å². The third-order valence-corrected chi connectivity index (χ3v) is 2.03. The van der Waals surface area contributed by atoms with Crippen molar-refractivity contribution in [2.45, 2.75) is 0 Å². The van der Waals surface area contributed by atoms with Crippen LogP contribution in [0.5, 0.6) is 0 Å². The average Bonchev–Trinajstić information content (AvgIpc) is 2.37. The van der Waals surface area contributed by atoms with Crippen molar-refractivity contribution in [1.29, 1.82) is 0 Å². The van der Waals surface area contributed by atoms with Crippen LogP contribution in [-0.2, 0) is 9.63 Å². The molecule has 0 fully saturated rings. The van der Waals surface area contributed by atoms with Crippen LogP contribution in [-0.4, -0.2) is 25.1 Å². The van der Waals surface area contributed by atoms with Gasteiger partial charge in [-0.2, -0.15) is 0 Å². The average molecular weight is 232 g/mol. The summed E-state index contributed by atoms with van der Waals surface area (Å²) in [6.45, 7) is 0. The zero-order valence-electron chi connectivity index (χ0n) is 9.57. The van der Waals surface area contributed by atoms with Crippen LogP contribution in [0.4, 0.5) is 0 Å². The molecule has 1 rings (SSSR count). The Hall–Kier alpha value is -2.30. The maximum atomic E-state index is 11.7. The number of likely N-dealkylation sites (N-methyl/N-ethyl adjacent to an activating group) is 1. The maximum Gasteiger partial charge on any atom is 0.279 e. The molecule has 6 nitrogen and oxygen atoms in total. The van der Waals surface area contributed by atoms with Gasteiger partial charge in [0.05, 0.1) is 7.11 Å². The fourth-order valence-electron chi connectivity index (χ4n) is 1.13. The standard InChI is InChI=1S/C11H12N4O2/c1-15(17-2)11(16)10(13-14-12)8-9-6-4-3-5-7-9/h3-8H,1-2H3/b10-8-. The van der Waals surface area contributed by atoms with Crippen molar-refractivity contribution < 1.29 is 9.63 Å². The Kier molecular flexibility index (Phi) is 4.75. The van der Waals surface area contributed by atoms with Gasteiger partial charge >= 0.3 is 0 Å². The highest BCUT2D eigenvalue weighted by Gasteiger charge is 2.12. The van der Waals surface area contributed by atoms with Crippen molar-refractivity contribution in [1.82, 2.24) is 5.06 Å². The van der Waals surface area contributed by atoms with E-state index in [1.807, 2.05) is 18.2 Å². The first kappa shape index (κ1) is 12.8. The zero-order chi connectivity index (χ0) is 12.7. The molecule has 6 heteroatoms. The second-order valence-corrected chi connectivity index (χ2v) is 3.11. The number of benzene rings is 1. The first-order valence-electron chi connectivity index (χ1n) is 4.83. The predicted octanol–water partition coefficient (Wildman–Crippen LogP) is 2.36. The highest BCUT2D eigenvalue weighted by atomic mass is 16.7. The van der Waals surface area contributed by atoms with Crippen molar-refractivity contribution in [2.75, 3.05) is 14.2 Å². The summed E-state index contributed by atoms with van der Waals surface area (Å²) in [5.41, 5.74) is 9.17. The lowest BCUT2D eigenvalue weighted by molar-refractivity contribution is -0.163. The summed E-state index contributed by atoms with van der Waals surface area (Å²) < 4.78 is 0. The van der Waals surface area contributed by atoms with Gasteiger partial charge in [0.1, 0.15) is 5.70 Å². The molecule has 0 saturated carbocycles. The first-order valence-corrected chi connectivity index (χ1v) is 4.83. The highest BCUT2D eigenvalue weighted by Crippen LogP contribution is 2.10. The number of hydrogen-bond donors (Lipinski definition) is 0. The monoisotopic (exact) mass is 232 g/mol. The van der Waals surface area contributed by atoms with Gasteiger partial charge in [-0.3, -0.25) is 9.63 Å². The number of carbonyl (C=O) groups is 1. The van der Waals surface area contributed by atoms with E-state index in [2.05, 4.69) is 10.0 Å². The molecule has 0 aliphatic rings. The number of hydroxylamine groups is 2. The summed E-state index contributed by atoms with van der Waals surface area (Å²) in [6, 6.07) is 9.10. The molecule has 88 valence electrons. The van der Waals surface area contributed by atoms with Crippen LogP contribution in [0.15, 0.2) is 41.1 Å². The Morgan fingerprint density at radius 1 is 1.47 bits per heavy atom. The molecule has 0 heterocycles. The van der Waals surface area contributed by atoms with E-state index in [1.165, 1.54) is 20.2 Å². The van der Waals surface area contributed by atoms with Crippen LogP contribution < -0.4 is 0 Å². The van der Waals surface area contributed by atoms with Crippen LogP contribution in [0.1, 0.15) is 5.56 Å². The van der Waals surface area contributed by atoms with Crippen molar-refractivity contribution in [3.05, 3.63) is 52.0 Å². The SMILES string of the molecule is CON(C)C(=O)/C(=C/c1ccccc1)N=[N+]=[N-]. The second kappa shape index (κ2) is 6.32. The van der Waals surface area contributed by atoms with Crippen molar-refractivity contribution >= 4 is 12.0 Å². The second-order valence-electron chi connectivity index (χ2n) is 3.11. The lowest BCUT2D eigenvalue weighted by Gasteiger charge is -2.13. The molecular formula is C11H12N4O2. The van der Waals surface area contributed by atoms with E-state index in [1.54, 1.807) is 12.1 Å². The van der Waals surface area contributed by atoms with Gasteiger partial charge in [0.15, 0.2) is 0 Å². The molecule has 1 aromatic rings. The molecule has 0 N–H and O–H groups in total. The van der Waals surface area contributed by atoms with Gasteiger partial charge in [-0.25, -0.2) is 5.06 Å². The van der Waals surface area contributed by atoms with Crippen LogP contribution >= 0.6 is 0 Å². The molecule has 0 aliphatic heterocycles. The molecule has 1 aromatic carbocycles. The number of nitrogens with zero attached hydrogens (tertiary/aromatic N) is 4. The van der Waals surface area contributed by atoms with E-state index in [9.17, 15) is 4.79 Å². The third kappa shape index (κ3) is 3.64. The summed E-state index contributed by atoms with van der Waals surface area (Å²) in [4.78, 5) is 19.1. The van der Waals surface area contributed by atoms with Crippen molar-refractivity contribution in [3.8, 4) is 0 Å². The van der Waals surface area contributed by atoms with Crippen LogP contribution in [0.2, 0.25) is 0 Å². The van der Waals surface area contributed by atoms with Crippen LogP contribution in [0.3, 0.4) is 0 Å². The van der Waals surface area contributed by atoms with E-state index in [4.69, 9.17) is 10.4 Å². The number of rotatable bonds is 4. The Balaban J connectivity index is 3.06. The summed E-state index contributed by atoms with van der Waals surface area (Å²) in [7, 11) is 2.79.